The van der Waals surface area contributed by atoms with Crippen LogP contribution in [-0.4, -0.2) is 57.8 Å². The second kappa shape index (κ2) is 6.22. The van der Waals surface area contributed by atoms with Crippen molar-refractivity contribution in [3.05, 3.63) is 23.3 Å². The highest BCUT2D eigenvalue weighted by molar-refractivity contribution is 6.06. The summed E-state index contributed by atoms with van der Waals surface area (Å²) in [6, 6.07) is 0.238. The number of imide groups is 1. The van der Waals surface area contributed by atoms with Gasteiger partial charge in [-0.25, -0.2) is 14.8 Å². The SMILES string of the molecule is Cc1cc(C(F)(F)F)nc(CNC(=O)N2C[C@@H]3C(=O)N(C)C(=O)[C@@H]3C2)n1. The van der Waals surface area contributed by atoms with Crippen LogP contribution in [0.5, 0.6) is 0 Å². The maximum atomic E-state index is 12.8. The van der Waals surface area contributed by atoms with Crippen molar-refractivity contribution in [1.29, 1.82) is 0 Å². The molecule has 2 saturated heterocycles. The fourth-order valence-corrected chi connectivity index (χ4v) is 3.20. The molecule has 0 spiro atoms. The number of carbonyl (C=O) groups is 3. The number of carbonyl (C=O) groups excluding carboxylic acids is 3. The highest BCUT2D eigenvalue weighted by atomic mass is 19.4. The first kappa shape index (κ1) is 18.1. The largest absolute Gasteiger partial charge is 0.433 e. The predicted octanol–water partition coefficient (Wildman–Crippen LogP) is 0.560. The fourth-order valence-electron chi connectivity index (χ4n) is 3.20. The maximum absolute atomic E-state index is 12.8. The molecule has 0 saturated carbocycles. The Morgan fingerprint density at radius 1 is 1.23 bits per heavy atom. The number of halogens is 3. The molecule has 3 rings (SSSR count). The number of nitrogens with one attached hydrogen (secondary N) is 1. The van der Waals surface area contributed by atoms with Crippen LogP contribution in [0.4, 0.5) is 18.0 Å². The van der Waals surface area contributed by atoms with E-state index in [0.29, 0.717) is 0 Å². The first-order valence-electron chi connectivity index (χ1n) is 7.84. The summed E-state index contributed by atoms with van der Waals surface area (Å²) in [5.41, 5.74) is -0.948. The van der Waals surface area contributed by atoms with Crippen LogP contribution in [0, 0.1) is 18.8 Å². The molecule has 1 aromatic heterocycles. The van der Waals surface area contributed by atoms with Crippen molar-refractivity contribution in [1.82, 2.24) is 25.1 Å². The number of hydrogen-bond acceptors (Lipinski definition) is 5. The number of fused-ring (bicyclic) bond motifs is 1. The van der Waals surface area contributed by atoms with Gasteiger partial charge < -0.3 is 10.2 Å². The lowest BCUT2D eigenvalue weighted by atomic mass is 10.00. The first-order chi connectivity index (χ1) is 12.1. The second-order valence-electron chi connectivity index (χ2n) is 6.32. The van der Waals surface area contributed by atoms with Crippen LogP contribution in [0.3, 0.4) is 0 Å². The van der Waals surface area contributed by atoms with E-state index in [4.69, 9.17) is 0 Å². The van der Waals surface area contributed by atoms with Gasteiger partial charge in [0.05, 0.1) is 18.4 Å². The van der Waals surface area contributed by atoms with Gasteiger partial charge in [0.15, 0.2) is 0 Å². The smallest absolute Gasteiger partial charge is 0.331 e. The third-order valence-corrected chi connectivity index (χ3v) is 4.49. The summed E-state index contributed by atoms with van der Waals surface area (Å²) in [7, 11) is 1.40. The molecule has 0 radical (unpaired) electrons. The van der Waals surface area contributed by atoms with Crippen molar-refractivity contribution in [3.63, 3.8) is 0 Å². The zero-order chi connectivity index (χ0) is 19.2. The third-order valence-electron chi connectivity index (χ3n) is 4.49. The molecule has 1 N–H and O–H groups in total. The average molecular weight is 371 g/mol. The minimum atomic E-state index is -4.61. The number of nitrogens with zero attached hydrogens (tertiary/aromatic N) is 4. The van der Waals surface area contributed by atoms with Crippen LogP contribution in [0.1, 0.15) is 17.2 Å². The summed E-state index contributed by atoms with van der Waals surface area (Å²) >= 11 is 0. The molecular formula is C15H16F3N5O3. The normalized spacial score (nSPS) is 22.8. The van der Waals surface area contributed by atoms with Crippen LogP contribution in [0.2, 0.25) is 0 Å². The van der Waals surface area contributed by atoms with Crippen LogP contribution >= 0.6 is 0 Å². The number of rotatable bonds is 2. The molecule has 2 atom stereocenters. The van der Waals surface area contributed by atoms with E-state index >= 15 is 0 Å². The van der Waals surface area contributed by atoms with Gasteiger partial charge >= 0.3 is 12.2 Å². The molecule has 1 aromatic rings. The van der Waals surface area contributed by atoms with Gasteiger partial charge in [0.25, 0.3) is 0 Å². The van der Waals surface area contributed by atoms with E-state index in [-0.39, 0.29) is 43.0 Å². The van der Waals surface area contributed by atoms with Crippen LogP contribution in [-0.2, 0) is 22.3 Å². The third kappa shape index (κ3) is 3.20. The second-order valence-corrected chi connectivity index (χ2v) is 6.32. The molecule has 2 aliphatic heterocycles. The van der Waals surface area contributed by atoms with E-state index < -0.39 is 29.7 Å². The topological polar surface area (TPSA) is 95.5 Å². The van der Waals surface area contributed by atoms with E-state index in [2.05, 4.69) is 15.3 Å². The average Bonchev–Trinajstić information content (AvgIpc) is 3.08. The molecule has 8 nitrogen and oxygen atoms in total. The minimum absolute atomic E-state index is 0.0912. The lowest BCUT2D eigenvalue weighted by molar-refractivity contribution is -0.141. The van der Waals surface area contributed by atoms with Gasteiger partial charge in [-0.3, -0.25) is 14.5 Å². The highest BCUT2D eigenvalue weighted by Crippen LogP contribution is 2.32. The molecule has 140 valence electrons. The molecule has 0 unspecified atom stereocenters. The van der Waals surface area contributed by atoms with Crippen LogP contribution in [0.15, 0.2) is 6.07 Å². The molecular weight excluding hydrogens is 355 g/mol. The Morgan fingerprint density at radius 2 is 1.81 bits per heavy atom. The van der Waals surface area contributed by atoms with Gasteiger partial charge in [-0.05, 0) is 13.0 Å². The van der Waals surface area contributed by atoms with Gasteiger partial charge in [-0.2, -0.15) is 13.2 Å². The lowest BCUT2D eigenvalue weighted by Gasteiger charge is -2.19. The molecule has 11 heteroatoms. The molecule has 2 aliphatic rings. The van der Waals surface area contributed by atoms with E-state index in [1.807, 2.05) is 0 Å². The van der Waals surface area contributed by atoms with Crippen LogP contribution in [0.25, 0.3) is 0 Å². The van der Waals surface area contributed by atoms with E-state index in [9.17, 15) is 27.6 Å². The number of hydrogen-bond donors (Lipinski definition) is 1. The summed E-state index contributed by atoms with van der Waals surface area (Å²) in [5.74, 6) is -1.95. The first-order valence-corrected chi connectivity index (χ1v) is 7.84. The number of likely N-dealkylation sites (tertiary alicyclic amines) is 2. The van der Waals surface area contributed by atoms with E-state index in [1.54, 1.807) is 0 Å². The lowest BCUT2D eigenvalue weighted by Crippen LogP contribution is -2.41. The number of aryl methyl sites for hydroxylation is 1. The molecule has 0 aromatic carbocycles. The van der Waals surface area contributed by atoms with E-state index in [1.165, 1.54) is 18.9 Å². The standard InChI is InChI=1S/C15H16F3N5O3/c1-7-3-10(15(16,17)18)21-11(20-7)4-19-14(26)23-5-8-9(6-23)13(25)22(2)12(8)24/h3,8-9H,4-6H2,1-2H3,(H,19,26)/t8-,9+. The van der Waals surface area contributed by atoms with Crippen molar-refractivity contribution in [2.45, 2.75) is 19.6 Å². The van der Waals surface area contributed by atoms with Gasteiger partial charge in [0.1, 0.15) is 11.5 Å². The van der Waals surface area contributed by atoms with Gasteiger partial charge in [-0.15, -0.1) is 0 Å². The summed E-state index contributed by atoms with van der Waals surface area (Å²) < 4.78 is 38.3. The summed E-state index contributed by atoms with van der Waals surface area (Å²) in [6.45, 7) is 1.29. The van der Waals surface area contributed by atoms with Crippen LogP contribution < -0.4 is 5.32 Å². The number of amides is 4. The Labute approximate surface area is 146 Å². The molecule has 4 amide bonds. The molecule has 0 bridgehead atoms. The zero-order valence-electron chi connectivity index (χ0n) is 14.0. The fraction of sp³-hybridized carbons (Fsp3) is 0.533. The summed E-state index contributed by atoms with van der Waals surface area (Å²) in [5, 5.41) is 2.44. The van der Waals surface area contributed by atoms with Crippen molar-refractivity contribution in [2.75, 3.05) is 20.1 Å². The summed E-state index contributed by atoms with van der Waals surface area (Å²) in [6.07, 6.45) is -4.61. The number of alkyl halides is 3. The predicted molar refractivity (Wildman–Crippen MR) is 80.3 cm³/mol. The Kier molecular flexibility index (Phi) is 4.32. The molecule has 26 heavy (non-hydrogen) atoms. The molecule has 0 aliphatic carbocycles. The molecule has 2 fully saturated rings. The number of urea groups is 1. The Bertz CT molecular complexity index is 758. The Balaban J connectivity index is 1.63. The highest BCUT2D eigenvalue weighted by Gasteiger charge is 2.52. The van der Waals surface area contributed by atoms with Gasteiger partial charge in [0.2, 0.25) is 11.8 Å². The van der Waals surface area contributed by atoms with Crippen molar-refractivity contribution < 1.29 is 27.6 Å². The number of aromatic nitrogens is 2. The van der Waals surface area contributed by atoms with Gasteiger partial charge in [-0.1, -0.05) is 0 Å². The Morgan fingerprint density at radius 3 is 2.35 bits per heavy atom. The van der Waals surface area contributed by atoms with E-state index in [0.717, 1.165) is 11.0 Å². The quantitative estimate of drug-likeness (QED) is 0.767. The monoisotopic (exact) mass is 371 g/mol. The zero-order valence-corrected chi connectivity index (χ0v) is 14.0. The molecule has 3 heterocycles. The summed E-state index contributed by atoms with van der Waals surface area (Å²) in [4.78, 5) is 45.7. The maximum Gasteiger partial charge on any atom is 0.433 e. The van der Waals surface area contributed by atoms with Gasteiger partial charge in [0, 0.05) is 25.8 Å². The van der Waals surface area contributed by atoms with Crippen molar-refractivity contribution >= 4 is 17.8 Å². The minimum Gasteiger partial charge on any atom is -0.331 e. The van der Waals surface area contributed by atoms with Crippen molar-refractivity contribution in [3.8, 4) is 0 Å². The Hall–Kier alpha value is -2.72. The van der Waals surface area contributed by atoms with Crippen molar-refractivity contribution in [2.24, 2.45) is 11.8 Å².